The number of nitrogens with one attached hydrogen (secondary N) is 2. The number of nitrogens with zero attached hydrogens (tertiary/aromatic N) is 2. The molecule has 5 atom stereocenters. The Bertz CT molecular complexity index is 959. The number of aromatic nitrogens is 1. The fraction of sp³-hybridized carbons (Fsp3) is 0.429. The Morgan fingerprint density at radius 1 is 1.33 bits per heavy atom. The van der Waals surface area contributed by atoms with Crippen molar-refractivity contribution in [2.24, 2.45) is 17.8 Å². The summed E-state index contributed by atoms with van der Waals surface area (Å²) in [6.07, 6.45) is 3.50. The normalized spacial score (nSPS) is 25.3. The fourth-order valence-electron chi connectivity index (χ4n) is 4.80. The number of nitro groups is 1. The van der Waals surface area contributed by atoms with Crippen molar-refractivity contribution >= 4 is 29.0 Å². The molecule has 30 heavy (non-hydrogen) atoms. The highest BCUT2D eigenvalue weighted by Gasteiger charge is 2.58. The molecule has 2 aliphatic carbocycles. The summed E-state index contributed by atoms with van der Waals surface area (Å²) in [4.78, 5) is 26.9. The highest BCUT2D eigenvalue weighted by molar-refractivity contribution is 6.30. The van der Waals surface area contributed by atoms with Crippen LogP contribution >= 0.6 is 11.6 Å². The summed E-state index contributed by atoms with van der Waals surface area (Å²) in [5, 5.41) is 18.0. The molecule has 1 aromatic carbocycles. The van der Waals surface area contributed by atoms with Gasteiger partial charge in [-0.15, -0.1) is 0 Å². The summed E-state index contributed by atoms with van der Waals surface area (Å²) in [6.45, 7) is 2.06. The molecule has 0 spiro atoms. The number of benzene rings is 1. The van der Waals surface area contributed by atoms with Crippen molar-refractivity contribution in [3.8, 4) is 0 Å². The lowest BCUT2D eigenvalue weighted by Crippen LogP contribution is -2.38. The molecule has 0 bridgehead atoms. The molecule has 0 radical (unpaired) electrons. The molecule has 2 aliphatic rings. The molecule has 1 amide bonds. The van der Waals surface area contributed by atoms with Gasteiger partial charge in [0.05, 0.1) is 17.2 Å². The molecule has 1 unspecified atom stereocenters. The van der Waals surface area contributed by atoms with Crippen molar-refractivity contribution in [1.82, 2.24) is 10.3 Å². The van der Waals surface area contributed by atoms with Crippen molar-refractivity contribution in [3.05, 3.63) is 63.0 Å². The van der Waals surface area contributed by atoms with E-state index in [1.165, 1.54) is 0 Å². The van der Waals surface area contributed by atoms with Crippen LogP contribution in [0, 0.1) is 33.7 Å². The minimum absolute atomic E-state index is 0.0531. The molecule has 2 saturated carbocycles. The van der Waals surface area contributed by atoms with E-state index in [0.29, 0.717) is 28.3 Å². The molecule has 9 heteroatoms. The number of anilines is 1. The van der Waals surface area contributed by atoms with Crippen LogP contribution in [-0.4, -0.2) is 27.9 Å². The molecule has 2 aromatic rings. The summed E-state index contributed by atoms with van der Waals surface area (Å²) in [6, 6.07) is 7.83. The third-order valence-corrected chi connectivity index (χ3v) is 6.46. The summed E-state index contributed by atoms with van der Waals surface area (Å²) in [5.41, 5.74) is 0.228. The Morgan fingerprint density at radius 2 is 2.00 bits per heavy atom. The van der Waals surface area contributed by atoms with Crippen molar-refractivity contribution in [1.29, 1.82) is 0 Å². The van der Waals surface area contributed by atoms with Crippen LogP contribution in [0.1, 0.15) is 36.5 Å². The molecule has 7 nitrogen and oxygen atoms in total. The second-order valence-electron chi connectivity index (χ2n) is 7.99. The van der Waals surface area contributed by atoms with Gasteiger partial charge in [0.25, 0.3) is 5.91 Å². The first kappa shape index (κ1) is 20.5. The highest BCUT2D eigenvalue weighted by Crippen LogP contribution is 2.60. The van der Waals surface area contributed by atoms with Gasteiger partial charge in [-0.05, 0) is 61.3 Å². The average molecular weight is 433 g/mol. The largest absolute Gasteiger partial charge is 0.362 e. The quantitative estimate of drug-likeness (QED) is 0.498. The SMILES string of the molecule is CCC(NC(=O)c1ccc(Cl)cc1)[C@H]1[C@@H]2C[C@@H](Nc3ncc(F)cc3[N+](=O)[O-])C[C@@H]21. The van der Waals surface area contributed by atoms with Gasteiger partial charge in [-0.25, -0.2) is 9.37 Å². The Morgan fingerprint density at radius 3 is 2.60 bits per heavy atom. The standard InChI is InChI=1S/C21H22ClFN4O3/c1-2-17(26-21(28)11-3-5-12(22)6-4-11)19-15-8-14(9-16(15)19)25-20-18(27(29)30)7-13(23)10-24-20/h3-7,10,14-17,19H,2,8-9H2,1H3,(H,24,25)(H,26,28)/t14-,15-,16+,17?,19+. The first-order chi connectivity index (χ1) is 14.4. The molecule has 2 N–H and O–H groups in total. The topological polar surface area (TPSA) is 97.2 Å². The van der Waals surface area contributed by atoms with Gasteiger partial charge in [0.2, 0.25) is 5.82 Å². The lowest BCUT2D eigenvalue weighted by molar-refractivity contribution is -0.384. The average Bonchev–Trinajstić information content (AvgIpc) is 3.21. The van der Waals surface area contributed by atoms with Crippen molar-refractivity contribution in [2.45, 2.75) is 38.3 Å². The zero-order valence-corrected chi connectivity index (χ0v) is 17.1. The molecule has 0 aliphatic heterocycles. The molecule has 158 valence electrons. The lowest BCUT2D eigenvalue weighted by atomic mass is 9.99. The van der Waals surface area contributed by atoms with Crippen LogP contribution in [0.15, 0.2) is 36.5 Å². The second kappa shape index (κ2) is 8.18. The number of carbonyl (C=O) groups excluding carboxylic acids is 1. The lowest BCUT2D eigenvalue weighted by Gasteiger charge is -2.22. The predicted molar refractivity (Wildman–Crippen MR) is 111 cm³/mol. The summed E-state index contributed by atoms with van der Waals surface area (Å²) in [7, 11) is 0. The van der Waals surface area contributed by atoms with Crippen molar-refractivity contribution in [3.63, 3.8) is 0 Å². The van der Waals surface area contributed by atoms with Crippen LogP contribution in [-0.2, 0) is 0 Å². The fourth-order valence-corrected chi connectivity index (χ4v) is 4.93. The minimum atomic E-state index is -0.733. The van der Waals surface area contributed by atoms with Gasteiger partial charge < -0.3 is 10.6 Å². The monoisotopic (exact) mass is 432 g/mol. The van der Waals surface area contributed by atoms with Gasteiger partial charge in [0, 0.05) is 22.7 Å². The molecular weight excluding hydrogens is 411 g/mol. The molecular formula is C21H22ClFN4O3. The van der Waals surface area contributed by atoms with Crippen LogP contribution in [0.2, 0.25) is 5.02 Å². The molecule has 4 rings (SSSR count). The molecule has 1 heterocycles. The summed E-state index contributed by atoms with van der Waals surface area (Å²) >= 11 is 5.88. The van der Waals surface area contributed by atoms with Gasteiger partial charge in [-0.2, -0.15) is 0 Å². The van der Waals surface area contributed by atoms with Crippen molar-refractivity contribution in [2.75, 3.05) is 5.32 Å². The van der Waals surface area contributed by atoms with Gasteiger partial charge in [-0.3, -0.25) is 14.9 Å². The van der Waals surface area contributed by atoms with Crippen LogP contribution in [0.3, 0.4) is 0 Å². The number of amides is 1. The van der Waals surface area contributed by atoms with E-state index < -0.39 is 10.7 Å². The maximum atomic E-state index is 13.3. The summed E-state index contributed by atoms with van der Waals surface area (Å²) in [5.74, 6) is 0.579. The van der Waals surface area contributed by atoms with E-state index in [1.807, 2.05) is 0 Å². The van der Waals surface area contributed by atoms with Gasteiger partial charge >= 0.3 is 5.69 Å². The van der Waals surface area contributed by atoms with E-state index in [4.69, 9.17) is 11.6 Å². The Kier molecular flexibility index (Phi) is 5.60. The third kappa shape index (κ3) is 4.09. The Labute approximate surface area is 178 Å². The van der Waals surface area contributed by atoms with Crippen LogP contribution in [0.5, 0.6) is 0 Å². The first-order valence-electron chi connectivity index (χ1n) is 10.00. The van der Waals surface area contributed by atoms with E-state index in [2.05, 4.69) is 22.5 Å². The maximum absolute atomic E-state index is 13.3. The number of carbonyl (C=O) groups is 1. The smallest absolute Gasteiger partial charge is 0.314 e. The number of hydrogen-bond donors (Lipinski definition) is 2. The van der Waals surface area contributed by atoms with E-state index in [9.17, 15) is 19.3 Å². The number of hydrogen-bond acceptors (Lipinski definition) is 5. The predicted octanol–water partition coefficient (Wildman–Crippen LogP) is 4.43. The van der Waals surface area contributed by atoms with E-state index in [1.54, 1.807) is 24.3 Å². The van der Waals surface area contributed by atoms with Gasteiger partial charge in [0.15, 0.2) is 0 Å². The third-order valence-electron chi connectivity index (χ3n) is 6.21. The summed E-state index contributed by atoms with van der Waals surface area (Å²) < 4.78 is 13.3. The Balaban J connectivity index is 1.35. The molecule has 1 aromatic heterocycles. The Hall–Kier alpha value is -2.74. The van der Waals surface area contributed by atoms with E-state index >= 15 is 0 Å². The van der Waals surface area contributed by atoms with E-state index in [-0.39, 0.29) is 29.5 Å². The van der Waals surface area contributed by atoms with E-state index in [0.717, 1.165) is 31.5 Å². The number of pyridine rings is 1. The zero-order chi connectivity index (χ0) is 21.4. The zero-order valence-electron chi connectivity index (χ0n) is 16.3. The molecule has 2 fully saturated rings. The highest BCUT2D eigenvalue weighted by atomic mass is 35.5. The maximum Gasteiger partial charge on any atom is 0.314 e. The van der Waals surface area contributed by atoms with Gasteiger partial charge in [0.1, 0.15) is 5.82 Å². The first-order valence-corrected chi connectivity index (χ1v) is 10.4. The van der Waals surface area contributed by atoms with Crippen LogP contribution in [0.4, 0.5) is 15.9 Å². The van der Waals surface area contributed by atoms with Crippen molar-refractivity contribution < 1.29 is 14.1 Å². The minimum Gasteiger partial charge on any atom is -0.362 e. The van der Waals surface area contributed by atoms with Crippen LogP contribution in [0.25, 0.3) is 0 Å². The molecule has 0 saturated heterocycles. The van der Waals surface area contributed by atoms with Gasteiger partial charge in [-0.1, -0.05) is 18.5 Å². The number of rotatable bonds is 7. The van der Waals surface area contributed by atoms with Crippen LogP contribution < -0.4 is 10.6 Å². The number of fused-ring (bicyclic) bond motifs is 1. The number of halogens is 2. The second-order valence-corrected chi connectivity index (χ2v) is 8.43.